The first-order valence-electron chi connectivity index (χ1n) is 9.51. The highest BCUT2D eigenvalue weighted by molar-refractivity contribution is 6.03. The van der Waals surface area contributed by atoms with Crippen molar-refractivity contribution in [3.05, 3.63) is 82.8 Å². The summed E-state index contributed by atoms with van der Waals surface area (Å²) in [7, 11) is 3.18. The lowest BCUT2D eigenvalue weighted by atomic mass is 10.0. The number of carbonyl (C=O) groups excluding carboxylic acids is 1. The average Bonchev–Trinajstić information content (AvgIpc) is 2.74. The average molecular weight is 407 g/mol. The molecule has 0 saturated carbocycles. The zero-order valence-electron chi connectivity index (χ0n) is 17.0. The molecule has 1 amide bonds. The van der Waals surface area contributed by atoms with Gasteiger partial charge >= 0.3 is 0 Å². The zero-order chi connectivity index (χ0) is 21.3. The van der Waals surface area contributed by atoms with Gasteiger partial charge < -0.3 is 19.7 Å². The van der Waals surface area contributed by atoms with Crippen LogP contribution in [-0.4, -0.2) is 25.1 Å². The first kappa shape index (κ1) is 19.8. The van der Waals surface area contributed by atoms with E-state index in [0.29, 0.717) is 22.8 Å². The number of hydrogen-bond donors (Lipinski definition) is 1. The van der Waals surface area contributed by atoms with Gasteiger partial charge in [0.25, 0.3) is 5.91 Å². The Balaban J connectivity index is 1.91. The molecule has 3 aromatic rings. The lowest BCUT2D eigenvalue weighted by molar-refractivity contribution is 0.0923. The smallest absolute Gasteiger partial charge is 0.257 e. The molecule has 6 nitrogen and oxygen atoms in total. The summed E-state index contributed by atoms with van der Waals surface area (Å²) >= 11 is 0. The van der Waals surface area contributed by atoms with Crippen molar-refractivity contribution in [2.75, 3.05) is 19.1 Å². The SMILES string of the molecule is COCc1cc(C)nc2c1C(=O)N[C@@H](c1ccc(OC)cc1)N2c1ccc(F)cc1. The Morgan fingerprint density at radius 2 is 1.80 bits per heavy atom. The number of aromatic nitrogens is 1. The van der Waals surface area contributed by atoms with Crippen LogP contribution in [0.3, 0.4) is 0 Å². The zero-order valence-corrected chi connectivity index (χ0v) is 17.0. The molecule has 7 heteroatoms. The summed E-state index contributed by atoms with van der Waals surface area (Å²) < 4.78 is 24.2. The first-order chi connectivity index (χ1) is 14.5. The molecule has 2 aromatic carbocycles. The van der Waals surface area contributed by atoms with Crippen LogP contribution >= 0.6 is 0 Å². The predicted molar refractivity (Wildman–Crippen MR) is 111 cm³/mol. The molecule has 1 aliphatic heterocycles. The number of halogens is 1. The lowest BCUT2D eigenvalue weighted by Crippen LogP contribution is -2.45. The Bertz CT molecular complexity index is 1070. The Morgan fingerprint density at radius 1 is 1.10 bits per heavy atom. The van der Waals surface area contributed by atoms with Crippen LogP contribution in [0.1, 0.15) is 33.3 Å². The summed E-state index contributed by atoms with van der Waals surface area (Å²) in [5.74, 6) is 0.659. The number of rotatable bonds is 5. The van der Waals surface area contributed by atoms with Gasteiger partial charge in [0.1, 0.15) is 23.6 Å². The van der Waals surface area contributed by atoms with E-state index in [1.54, 1.807) is 26.4 Å². The highest BCUT2D eigenvalue weighted by Gasteiger charge is 2.36. The van der Waals surface area contributed by atoms with Crippen molar-refractivity contribution in [2.24, 2.45) is 0 Å². The molecule has 0 fully saturated rings. The molecule has 1 atom stereocenters. The van der Waals surface area contributed by atoms with Crippen LogP contribution < -0.4 is 15.0 Å². The number of nitrogens with one attached hydrogen (secondary N) is 1. The van der Waals surface area contributed by atoms with E-state index in [9.17, 15) is 9.18 Å². The number of carbonyl (C=O) groups is 1. The molecule has 0 unspecified atom stereocenters. The maximum Gasteiger partial charge on any atom is 0.257 e. The fourth-order valence-electron chi connectivity index (χ4n) is 3.69. The second kappa shape index (κ2) is 8.12. The molecule has 2 heterocycles. The van der Waals surface area contributed by atoms with Gasteiger partial charge in [-0.1, -0.05) is 12.1 Å². The third kappa shape index (κ3) is 3.59. The van der Waals surface area contributed by atoms with Crippen LogP contribution in [0.2, 0.25) is 0 Å². The largest absolute Gasteiger partial charge is 0.497 e. The molecule has 0 radical (unpaired) electrons. The number of aryl methyl sites for hydroxylation is 1. The molecule has 1 aliphatic rings. The van der Waals surface area contributed by atoms with Gasteiger partial charge in [-0.05, 0) is 60.5 Å². The lowest BCUT2D eigenvalue weighted by Gasteiger charge is -2.39. The summed E-state index contributed by atoms with van der Waals surface area (Å²) in [5.41, 5.74) is 3.51. The van der Waals surface area contributed by atoms with Crippen LogP contribution in [-0.2, 0) is 11.3 Å². The van der Waals surface area contributed by atoms with Crippen molar-refractivity contribution >= 4 is 17.4 Å². The number of fused-ring (bicyclic) bond motifs is 1. The van der Waals surface area contributed by atoms with Gasteiger partial charge in [-0.3, -0.25) is 4.79 Å². The molecule has 1 aromatic heterocycles. The van der Waals surface area contributed by atoms with E-state index in [1.165, 1.54) is 12.1 Å². The molecule has 30 heavy (non-hydrogen) atoms. The van der Waals surface area contributed by atoms with Gasteiger partial charge in [0.15, 0.2) is 0 Å². The molecule has 154 valence electrons. The number of benzene rings is 2. The molecule has 0 spiro atoms. The highest BCUT2D eigenvalue weighted by Crippen LogP contribution is 2.40. The summed E-state index contributed by atoms with van der Waals surface area (Å²) in [4.78, 5) is 19.7. The Kier molecular flexibility index (Phi) is 5.37. The summed E-state index contributed by atoms with van der Waals surface area (Å²) in [6.07, 6.45) is -0.522. The summed E-state index contributed by atoms with van der Waals surface area (Å²) in [6, 6.07) is 15.4. The van der Waals surface area contributed by atoms with E-state index in [-0.39, 0.29) is 18.3 Å². The van der Waals surface area contributed by atoms with Gasteiger partial charge in [0, 0.05) is 18.5 Å². The van der Waals surface area contributed by atoms with E-state index >= 15 is 0 Å². The van der Waals surface area contributed by atoms with Crippen LogP contribution in [0.15, 0.2) is 54.6 Å². The number of methoxy groups -OCH3 is 2. The maximum atomic E-state index is 13.6. The molecular formula is C23H22FN3O3. The number of nitrogens with zero attached hydrogens (tertiary/aromatic N) is 2. The van der Waals surface area contributed by atoms with Crippen LogP contribution in [0.4, 0.5) is 15.9 Å². The Morgan fingerprint density at radius 3 is 2.43 bits per heavy atom. The number of anilines is 2. The topological polar surface area (TPSA) is 63.7 Å². The van der Waals surface area contributed by atoms with Crippen LogP contribution in [0, 0.1) is 12.7 Å². The number of hydrogen-bond acceptors (Lipinski definition) is 5. The Hall–Kier alpha value is -3.45. The van der Waals surface area contributed by atoms with Crippen molar-refractivity contribution in [3.63, 3.8) is 0 Å². The number of amides is 1. The van der Waals surface area contributed by atoms with E-state index < -0.39 is 6.17 Å². The van der Waals surface area contributed by atoms with Crippen LogP contribution in [0.25, 0.3) is 0 Å². The van der Waals surface area contributed by atoms with E-state index in [0.717, 1.165) is 16.8 Å². The van der Waals surface area contributed by atoms with Crippen molar-refractivity contribution < 1.29 is 18.7 Å². The van der Waals surface area contributed by atoms with Crippen molar-refractivity contribution in [3.8, 4) is 5.75 Å². The second-order valence-electron chi connectivity index (χ2n) is 7.05. The molecule has 0 saturated heterocycles. The van der Waals surface area contributed by atoms with Gasteiger partial charge in [-0.2, -0.15) is 0 Å². The third-order valence-electron chi connectivity index (χ3n) is 5.03. The predicted octanol–water partition coefficient (Wildman–Crippen LogP) is 4.26. The molecule has 0 bridgehead atoms. The Labute approximate surface area is 174 Å². The van der Waals surface area contributed by atoms with Gasteiger partial charge in [0.2, 0.25) is 0 Å². The van der Waals surface area contributed by atoms with E-state index in [1.807, 2.05) is 42.2 Å². The minimum Gasteiger partial charge on any atom is -0.497 e. The van der Waals surface area contributed by atoms with E-state index in [2.05, 4.69) is 10.3 Å². The maximum absolute atomic E-state index is 13.6. The van der Waals surface area contributed by atoms with Crippen molar-refractivity contribution in [1.82, 2.24) is 10.3 Å². The highest BCUT2D eigenvalue weighted by atomic mass is 19.1. The summed E-state index contributed by atoms with van der Waals surface area (Å²) in [6.45, 7) is 2.15. The normalized spacial score (nSPS) is 15.5. The minimum atomic E-state index is -0.522. The molecule has 0 aliphatic carbocycles. The van der Waals surface area contributed by atoms with Crippen molar-refractivity contribution in [1.29, 1.82) is 0 Å². The molecule has 4 rings (SSSR count). The first-order valence-corrected chi connectivity index (χ1v) is 9.51. The van der Waals surface area contributed by atoms with Gasteiger partial charge in [-0.25, -0.2) is 9.37 Å². The number of pyridine rings is 1. The minimum absolute atomic E-state index is 0.233. The quantitative estimate of drug-likeness (QED) is 0.685. The van der Waals surface area contributed by atoms with Gasteiger partial charge in [-0.15, -0.1) is 0 Å². The van der Waals surface area contributed by atoms with E-state index in [4.69, 9.17) is 9.47 Å². The number of ether oxygens (including phenoxy) is 2. The second-order valence-corrected chi connectivity index (χ2v) is 7.05. The van der Waals surface area contributed by atoms with Crippen molar-refractivity contribution in [2.45, 2.75) is 19.7 Å². The fraction of sp³-hybridized carbons (Fsp3) is 0.217. The third-order valence-corrected chi connectivity index (χ3v) is 5.03. The standard InChI is InChI=1S/C23H22FN3O3/c1-14-12-16(13-29-2)20-22(25-14)27(18-8-6-17(24)7-9-18)21(26-23(20)28)15-4-10-19(30-3)11-5-15/h4-12,21H,13H2,1-3H3,(H,26,28)/t21-/m1/s1. The molecule has 1 N–H and O–H groups in total. The molecular weight excluding hydrogens is 385 g/mol. The van der Waals surface area contributed by atoms with Crippen LogP contribution in [0.5, 0.6) is 5.75 Å². The fourth-order valence-corrected chi connectivity index (χ4v) is 3.69. The summed E-state index contributed by atoms with van der Waals surface area (Å²) in [5, 5.41) is 3.06. The van der Waals surface area contributed by atoms with Gasteiger partial charge in [0.05, 0.1) is 19.3 Å². The monoisotopic (exact) mass is 407 g/mol.